The number of nitrogens with zero attached hydrogens (tertiary/aromatic N) is 2. The number of rotatable bonds is 7. The van der Waals surface area contributed by atoms with Gasteiger partial charge in [-0.3, -0.25) is 14.4 Å². The van der Waals surface area contributed by atoms with E-state index in [1.807, 2.05) is 0 Å². The van der Waals surface area contributed by atoms with Crippen molar-refractivity contribution in [1.29, 1.82) is 0 Å². The van der Waals surface area contributed by atoms with Gasteiger partial charge in [-0.25, -0.2) is 13.5 Å². The minimum atomic E-state index is -3.56. The number of benzene rings is 2. The van der Waals surface area contributed by atoms with Gasteiger partial charge in [0.2, 0.25) is 10.0 Å². The van der Waals surface area contributed by atoms with Gasteiger partial charge in [0.05, 0.1) is 22.4 Å². The van der Waals surface area contributed by atoms with Gasteiger partial charge in [-0.1, -0.05) is 24.6 Å². The number of nitrogens with one attached hydrogen (secondary N) is 2. The number of hydrogen-bond donors (Lipinski definition) is 2. The van der Waals surface area contributed by atoms with Gasteiger partial charge in [0.1, 0.15) is 0 Å². The second-order valence-electron chi connectivity index (χ2n) is 8.33. The Morgan fingerprint density at radius 1 is 1.06 bits per heavy atom. The minimum absolute atomic E-state index is 0.164. The van der Waals surface area contributed by atoms with E-state index in [-0.39, 0.29) is 16.9 Å². The third-order valence-corrected chi connectivity index (χ3v) is 7.75. The Morgan fingerprint density at radius 2 is 1.71 bits per heavy atom. The maximum Gasteiger partial charge on any atom is 0.312 e. The van der Waals surface area contributed by atoms with Crippen LogP contribution in [-0.2, 0) is 30.8 Å². The number of carbonyl (C=O) groups excluding carboxylic acids is 2. The Labute approximate surface area is 202 Å². The van der Waals surface area contributed by atoms with E-state index < -0.39 is 28.0 Å². The SMILES string of the molecule is C[C@H](OC(=O)Cc1n[nH]c(=O)c2ccccc12)C(=O)Nc1ccc(S(=O)(=O)N2CCCCC2)cc1. The van der Waals surface area contributed by atoms with Crippen LogP contribution in [0.2, 0.25) is 0 Å². The molecule has 11 heteroatoms. The molecule has 2 N–H and O–H groups in total. The molecule has 0 spiro atoms. The topological polar surface area (TPSA) is 139 Å². The fraction of sp³-hybridized carbons (Fsp3) is 0.333. The summed E-state index contributed by atoms with van der Waals surface area (Å²) >= 11 is 0. The quantitative estimate of drug-likeness (QED) is 0.476. The first kappa shape index (κ1) is 24.6. The van der Waals surface area contributed by atoms with Crippen molar-refractivity contribution >= 4 is 38.4 Å². The summed E-state index contributed by atoms with van der Waals surface area (Å²) in [6.07, 6.45) is 1.39. The highest BCUT2D eigenvalue weighted by atomic mass is 32.2. The molecule has 1 fully saturated rings. The lowest BCUT2D eigenvalue weighted by Gasteiger charge is -2.25. The molecule has 35 heavy (non-hydrogen) atoms. The molecule has 3 aromatic rings. The van der Waals surface area contributed by atoms with Gasteiger partial charge in [0, 0.05) is 24.2 Å². The van der Waals surface area contributed by atoms with E-state index >= 15 is 0 Å². The molecule has 184 valence electrons. The Balaban J connectivity index is 1.36. The van der Waals surface area contributed by atoms with Crippen LogP contribution in [0.4, 0.5) is 5.69 Å². The summed E-state index contributed by atoms with van der Waals surface area (Å²) in [4.78, 5) is 37.0. The number of aromatic amines is 1. The van der Waals surface area contributed by atoms with Gasteiger partial charge in [0.15, 0.2) is 6.10 Å². The molecule has 0 saturated carbocycles. The Morgan fingerprint density at radius 3 is 2.40 bits per heavy atom. The highest BCUT2D eigenvalue weighted by Crippen LogP contribution is 2.22. The minimum Gasteiger partial charge on any atom is -0.452 e. The standard InChI is InChI=1S/C24H26N4O6S/c1-16(34-22(29)15-21-19-7-3-4-8-20(19)24(31)27-26-21)23(30)25-17-9-11-18(12-10-17)35(32,33)28-13-5-2-6-14-28/h3-4,7-12,16H,2,5-6,13-15H2,1H3,(H,25,30)(H,27,31)/t16-/m0/s1. The maximum absolute atomic E-state index is 12.8. The molecule has 2 heterocycles. The molecule has 10 nitrogen and oxygen atoms in total. The van der Waals surface area contributed by atoms with Gasteiger partial charge in [-0.05, 0) is 50.1 Å². The Hall–Kier alpha value is -3.57. The van der Waals surface area contributed by atoms with Crippen molar-refractivity contribution in [2.45, 2.75) is 43.6 Å². The van der Waals surface area contributed by atoms with Crippen molar-refractivity contribution in [1.82, 2.24) is 14.5 Å². The average molecular weight is 499 g/mol. The van der Waals surface area contributed by atoms with Gasteiger partial charge < -0.3 is 10.1 Å². The number of fused-ring (bicyclic) bond motifs is 1. The number of anilines is 1. The van der Waals surface area contributed by atoms with E-state index in [0.717, 1.165) is 19.3 Å². The van der Waals surface area contributed by atoms with Crippen LogP contribution >= 0.6 is 0 Å². The first-order valence-corrected chi connectivity index (χ1v) is 12.8. The average Bonchev–Trinajstić information content (AvgIpc) is 2.86. The predicted octanol–water partition coefficient (Wildman–Crippen LogP) is 2.21. The number of amides is 1. The number of hydrogen-bond acceptors (Lipinski definition) is 7. The van der Waals surface area contributed by atoms with Crippen LogP contribution < -0.4 is 10.9 Å². The van der Waals surface area contributed by atoms with Gasteiger partial charge in [0.25, 0.3) is 11.5 Å². The zero-order chi connectivity index (χ0) is 25.0. The lowest BCUT2D eigenvalue weighted by molar-refractivity contribution is -0.152. The highest BCUT2D eigenvalue weighted by Gasteiger charge is 2.26. The van der Waals surface area contributed by atoms with Crippen LogP contribution in [0.25, 0.3) is 10.8 Å². The molecule has 1 amide bonds. The lowest BCUT2D eigenvalue weighted by atomic mass is 10.1. The molecule has 1 aromatic heterocycles. The molecule has 2 aromatic carbocycles. The third kappa shape index (κ3) is 5.57. The van der Waals surface area contributed by atoms with E-state index in [9.17, 15) is 22.8 Å². The number of carbonyl (C=O) groups is 2. The normalized spacial score (nSPS) is 15.5. The van der Waals surface area contributed by atoms with Crippen LogP contribution in [0.1, 0.15) is 31.9 Å². The van der Waals surface area contributed by atoms with E-state index in [1.54, 1.807) is 24.3 Å². The van der Waals surface area contributed by atoms with E-state index in [2.05, 4.69) is 15.5 Å². The van der Waals surface area contributed by atoms with Crippen molar-refractivity contribution in [3.63, 3.8) is 0 Å². The zero-order valence-corrected chi connectivity index (χ0v) is 20.0. The summed E-state index contributed by atoms with van der Waals surface area (Å²) < 4.78 is 32.2. The fourth-order valence-electron chi connectivity index (χ4n) is 3.94. The summed E-state index contributed by atoms with van der Waals surface area (Å²) in [5, 5.41) is 9.85. The van der Waals surface area contributed by atoms with Gasteiger partial charge in [-0.15, -0.1) is 0 Å². The third-order valence-electron chi connectivity index (χ3n) is 5.84. The van der Waals surface area contributed by atoms with E-state index in [0.29, 0.717) is 35.2 Å². The van der Waals surface area contributed by atoms with Crippen molar-refractivity contribution in [2.24, 2.45) is 0 Å². The number of ether oxygens (including phenoxy) is 1. The highest BCUT2D eigenvalue weighted by molar-refractivity contribution is 7.89. The van der Waals surface area contributed by atoms with Crippen molar-refractivity contribution < 1.29 is 22.7 Å². The second kappa shape index (κ2) is 10.4. The number of aromatic nitrogens is 2. The smallest absolute Gasteiger partial charge is 0.312 e. The number of piperidine rings is 1. The van der Waals surface area contributed by atoms with Crippen LogP contribution in [0.15, 0.2) is 58.2 Å². The van der Waals surface area contributed by atoms with Crippen molar-refractivity contribution in [3.05, 3.63) is 64.6 Å². The molecular formula is C24H26N4O6S. The van der Waals surface area contributed by atoms with Crippen LogP contribution in [0.3, 0.4) is 0 Å². The van der Waals surface area contributed by atoms with E-state index in [4.69, 9.17) is 4.74 Å². The monoisotopic (exact) mass is 498 g/mol. The summed E-state index contributed by atoms with van der Waals surface area (Å²) in [6.45, 7) is 2.45. The van der Waals surface area contributed by atoms with Crippen LogP contribution in [0.5, 0.6) is 0 Å². The van der Waals surface area contributed by atoms with Gasteiger partial charge in [-0.2, -0.15) is 9.40 Å². The Bertz CT molecular complexity index is 1400. The Kier molecular flexibility index (Phi) is 7.27. The molecule has 0 aliphatic carbocycles. The van der Waals surface area contributed by atoms with Crippen molar-refractivity contribution in [3.8, 4) is 0 Å². The molecule has 1 saturated heterocycles. The number of H-pyrrole nitrogens is 1. The largest absolute Gasteiger partial charge is 0.452 e. The predicted molar refractivity (Wildman–Crippen MR) is 129 cm³/mol. The summed E-state index contributed by atoms with van der Waals surface area (Å²) in [5.41, 5.74) is 0.354. The molecule has 1 aliphatic heterocycles. The first-order chi connectivity index (χ1) is 16.8. The number of esters is 1. The maximum atomic E-state index is 12.8. The summed E-state index contributed by atoms with van der Waals surface area (Å²) in [6, 6.07) is 12.7. The molecule has 1 atom stereocenters. The molecule has 0 unspecified atom stereocenters. The summed E-state index contributed by atoms with van der Waals surface area (Å²) in [5.74, 6) is -1.25. The zero-order valence-electron chi connectivity index (χ0n) is 19.2. The molecular weight excluding hydrogens is 472 g/mol. The van der Waals surface area contributed by atoms with E-state index in [1.165, 1.54) is 35.5 Å². The molecule has 0 bridgehead atoms. The molecule has 0 radical (unpaired) electrons. The van der Waals surface area contributed by atoms with Gasteiger partial charge >= 0.3 is 5.97 Å². The van der Waals surface area contributed by atoms with Crippen LogP contribution in [-0.4, -0.2) is 54.0 Å². The molecule has 1 aliphatic rings. The molecule has 4 rings (SSSR count). The lowest BCUT2D eigenvalue weighted by Crippen LogP contribution is -2.35. The first-order valence-electron chi connectivity index (χ1n) is 11.3. The van der Waals surface area contributed by atoms with Crippen molar-refractivity contribution in [2.75, 3.05) is 18.4 Å². The van der Waals surface area contributed by atoms with Crippen LogP contribution in [0, 0.1) is 0 Å². The summed E-state index contributed by atoms with van der Waals surface area (Å²) in [7, 11) is -3.56. The number of sulfonamides is 1. The second-order valence-corrected chi connectivity index (χ2v) is 10.3. The fourth-order valence-corrected chi connectivity index (χ4v) is 5.46.